The molecule has 4 nitrogen and oxygen atoms in total. The monoisotopic (exact) mass is 374 g/mol. The highest BCUT2D eigenvalue weighted by Gasteiger charge is 2.27. The highest BCUT2D eigenvalue weighted by Crippen LogP contribution is 2.44. The number of methoxy groups -OCH3 is 1. The van der Waals surface area contributed by atoms with Crippen LogP contribution in [0.4, 0.5) is 0 Å². The lowest BCUT2D eigenvalue weighted by Gasteiger charge is -2.23. The lowest BCUT2D eigenvalue weighted by Crippen LogP contribution is -2.11. The Morgan fingerprint density at radius 1 is 1.37 bits per heavy atom. The Balaban J connectivity index is 0.00000114. The van der Waals surface area contributed by atoms with E-state index < -0.39 is 5.97 Å². The summed E-state index contributed by atoms with van der Waals surface area (Å²) in [7, 11) is 1.31. The SMILES string of the molecule is C=CC.CCCCCc1cc(O)c(C2C=C(C)CCC2)c(O)c1C(=O)OC. The highest BCUT2D eigenvalue weighted by molar-refractivity contribution is 5.95. The van der Waals surface area contributed by atoms with Crippen molar-refractivity contribution in [2.75, 3.05) is 7.11 Å². The van der Waals surface area contributed by atoms with Crippen LogP contribution in [0.5, 0.6) is 11.5 Å². The zero-order valence-electron chi connectivity index (χ0n) is 17.2. The number of benzene rings is 1. The van der Waals surface area contributed by atoms with Crippen molar-refractivity contribution in [3.63, 3.8) is 0 Å². The number of phenolic OH excluding ortho intramolecular Hbond substituents is 2. The molecule has 0 radical (unpaired) electrons. The third-order valence-corrected chi connectivity index (χ3v) is 4.78. The second-order valence-electron chi connectivity index (χ2n) is 7.06. The highest BCUT2D eigenvalue weighted by atomic mass is 16.5. The molecule has 2 N–H and O–H groups in total. The third kappa shape index (κ3) is 6.16. The Labute approximate surface area is 163 Å². The van der Waals surface area contributed by atoms with Crippen LogP contribution in [-0.4, -0.2) is 23.3 Å². The van der Waals surface area contributed by atoms with Gasteiger partial charge in [-0.05, 0) is 57.6 Å². The summed E-state index contributed by atoms with van der Waals surface area (Å²) in [6.45, 7) is 9.41. The van der Waals surface area contributed by atoms with Gasteiger partial charge in [-0.25, -0.2) is 4.79 Å². The van der Waals surface area contributed by atoms with Crippen LogP contribution in [-0.2, 0) is 11.2 Å². The molecule has 4 heteroatoms. The summed E-state index contributed by atoms with van der Waals surface area (Å²) in [5, 5.41) is 21.3. The van der Waals surface area contributed by atoms with E-state index in [1.165, 1.54) is 12.7 Å². The van der Waals surface area contributed by atoms with Gasteiger partial charge in [0.25, 0.3) is 0 Å². The number of carbonyl (C=O) groups is 1. The van der Waals surface area contributed by atoms with Gasteiger partial charge in [0.1, 0.15) is 17.1 Å². The number of ether oxygens (including phenoxy) is 1. The van der Waals surface area contributed by atoms with E-state index in [2.05, 4.69) is 26.5 Å². The van der Waals surface area contributed by atoms with Crippen molar-refractivity contribution in [3.8, 4) is 11.5 Å². The summed E-state index contributed by atoms with van der Waals surface area (Å²) < 4.78 is 4.87. The molecule has 0 bridgehead atoms. The van der Waals surface area contributed by atoms with Gasteiger partial charge in [0.05, 0.1) is 7.11 Å². The molecule has 0 aromatic heterocycles. The molecule has 27 heavy (non-hydrogen) atoms. The van der Waals surface area contributed by atoms with E-state index in [4.69, 9.17) is 4.74 Å². The summed E-state index contributed by atoms with van der Waals surface area (Å²) >= 11 is 0. The number of aromatic hydroxyl groups is 2. The first-order chi connectivity index (χ1) is 12.9. The first-order valence-corrected chi connectivity index (χ1v) is 9.81. The molecule has 0 fully saturated rings. The Kier molecular flexibility index (Phi) is 9.70. The van der Waals surface area contributed by atoms with Gasteiger partial charge in [-0.3, -0.25) is 0 Å². The second-order valence-corrected chi connectivity index (χ2v) is 7.06. The van der Waals surface area contributed by atoms with Crippen molar-refractivity contribution in [1.82, 2.24) is 0 Å². The molecule has 1 aromatic carbocycles. The van der Waals surface area contributed by atoms with Crippen LogP contribution < -0.4 is 0 Å². The van der Waals surface area contributed by atoms with Gasteiger partial charge in [-0.1, -0.05) is 37.5 Å². The van der Waals surface area contributed by atoms with Crippen LogP contribution in [0, 0.1) is 0 Å². The summed E-state index contributed by atoms with van der Waals surface area (Å²) in [6.07, 6.45) is 10.4. The van der Waals surface area contributed by atoms with E-state index >= 15 is 0 Å². The van der Waals surface area contributed by atoms with Crippen molar-refractivity contribution >= 4 is 5.97 Å². The number of aryl methyl sites for hydroxylation is 1. The standard InChI is InChI=1S/C20H28O4.C3H6/c1-4-5-6-9-15-12-16(21)17(14-10-7-8-13(2)11-14)19(22)18(15)20(23)24-3;1-3-2/h11-12,14,21-22H,4-10H2,1-3H3;3H,1H2,2H3. The molecule has 0 heterocycles. The molecule has 0 amide bonds. The second kappa shape index (κ2) is 11.5. The molecule has 0 aliphatic heterocycles. The van der Waals surface area contributed by atoms with Crippen LogP contribution in [0.15, 0.2) is 30.4 Å². The number of carbonyl (C=O) groups excluding carboxylic acids is 1. The normalized spacial score (nSPS) is 16.0. The average Bonchev–Trinajstić information content (AvgIpc) is 2.62. The maximum Gasteiger partial charge on any atom is 0.341 e. The number of allylic oxidation sites excluding steroid dienone is 3. The maximum atomic E-state index is 12.2. The molecule has 0 saturated heterocycles. The van der Waals surface area contributed by atoms with Crippen molar-refractivity contribution in [2.24, 2.45) is 0 Å². The Hall–Kier alpha value is -2.23. The fourth-order valence-corrected chi connectivity index (χ4v) is 3.52. The minimum atomic E-state index is -0.545. The number of esters is 1. The number of hydrogen-bond acceptors (Lipinski definition) is 4. The molecule has 1 atom stereocenters. The summed E-state index contributed by atoms with van der Waals surface area (Å²) in [5.41, 5.74) is 2.56. The summed E-state index contributed by atoms with van der Waals surface area (Å²) in [6, 6.07) is 1.63. The molecule has 2 rings (SSSR count). The van der Waals surface area contributed by atoms with Gasteiger partial charge in [0, 0.05) is 11.5 Å². The third-order valence-electron chi connectivity index (χ3n) is 4.78. The first-order valence-electron chi connectivity index (χ1n) is 9.81. The Bertz CT molecular complexity index is 673. The number of unbranched alkanes of at least 4 members (excludes halogenated alkanes) is 2. The molecule has 0 saturated carbocycles. The van der Waals surface area contributed by atoms with Crippen LogP contribution in [0.3, 0.4) is 0 Å². The average molecular weight is 375 g/mol. The molecule has 1 unspecified atom stereocenters. The Morgan fingerprint density at radius 3 is 2.59 bits per heavy atom. The topological polar surface area (TPSA) is 66.8 Å². The van der Waals surface area contributed by atoms with Gasteiger partial charge in [-0.2, -0.15) is 0 Å². The van der Waals surface area contributed by atoms with Gasteiger partial charge in [0.2, 0.25) is 0 Å². The van der Waals surface area contributed by atoms with Crippen LogP contribution in [0.25, 0.3) is 0 Å². The number of phenols is 2. The first kappa shape index (κ1) is 22.8. The Morgan fingerprint density at radius 2 is 2.04 bits per heavy atom. The molecule has 1 aliphatic rings. The number of rotatable bonds is 6. The van der Waals surface area contributed by atoms with E-state index in [0.29, 0.717) is 17.5 Å². The van der Waals surface area contributed by atoms with E-state index in [9.17, 15) is 15.0 Å². The smallest absolute Gasteiger partial charge is 0.341 e. The predicted molar refractivity (Wildman–Crippen MR) is 111 cm³/mol. The zero-order chi connectivity index (χ0) is 20.4. The molecule has 1 aromatic rings. The molecule has 1 aliphatic carbocycles. The summed E-state index contributed by atoms with van der Waals surface area (Å²) in [4.78, 5) is 12.2. The van der Waals surface area contributed by atoms with E-state index in [1.807, 2.05) is 6.92 Å². The van der Waals surface area contributed by atoms with E-state index in [0.717, 1.165) is 38.5 Å². The van der Waals surface area contributed by atoms with Crippen LogP contribution in [0.2, 0.25) is 0 Å². The number of hydrogen-bond donors (Lipinski definition) is 2. The lowest BCUT2D eigenvalue weighted by molar-refractivity contribution is 0.0595. The molecule has 0 spiro atoms. The molecule has 150 valence electrons. The van der Waals surface area contributed by atoms with Gasteiger partial charge in [-0.15, -0.1) is 6.58 Å². The van der Waals surface area contributed by atoms with Crippen molar-refractivity contribution < 1.29 is 19.7 Å². The van der Waals surface area contributed by atoms with Crippen molar-refractivity contribution in [3.05, 3.63) is 47.1 Å². The molecular formula is C23H34O4. The van der Waals surface area contributed by atoms with Gasteiger partial charge < -0.3 is 14.9 Å². The van der Waals surface area contributed by atoms with Gasteiger partial charge >= 0.3 is 5.97 Å². The zero-order valence-corrected chi connectivity index (χ0v) is 17.2. The summed E-state index contributed by atoms with van der Waals surface area (Å²) in [5.74, 6) is -0.657. The van der Waals surface area contributed by atoms with Crippen LogP contribution in [0.1, 0.15) is 86.7 Å². The maximum absolute atomic E-state index is 12.2. The van der Waals surface area contributed by atoms with Crippen molar-refractivity contribution in [2.45, 2.75) is 71.6 Å². The van der Waals surface area contributed by atoms with Gasteiger partial charge in [0.15, 0.2) is 0 Å². The fourth-order valence-electron chi connectivity index (χ4n) is 3.52. The quantitative estimate of drug-likeness (QED) is 0.363. The van der Waals surface area contributed by atoms with Crippen LogP contribution >= 0.6 is 0 Å². The molecular weight excluding hydrogens is 340 g/mol. The van der Waals surface area contributed by atoms with E-state index in [-0.39, 0.29) is 23.0 Å². The minimum absolute atomic E-state index is 0.0631. The lowest BCUT2D eigenvalue weighted by atomic mass is 9.83. The fraction of sp³-hybridized carbons (Fsp3) is 0.522. The largest absolute Gasteiger partial charge is 0.507 e. The predicted octanol–water partition coefficient (Wildman–Crippen LogP) is 6.02. The minimum Gasteiger partial charge on any atom is -0.507 e. The van der Waals surface area contributed by atoms with Crippen molar-refractivity contribution in [1.29, 1.82) is 0 Å². The van der Waals surface area contributed by atoms with E-state index in [1.54, 1.807) is 12.1 Å².